The molecule has 5 heteroatoms. The van der Waals surface area contributed by atoms with Crippen molar-refractivity contribution in [3.63, 3.8) is 0 Å². The average Bonchev–Trinajstić information content (AvgIpc) is 2.85. The van der Waals surface area contributed by atoms with Crippen LogP contribution in [0, 0.1) is 0 Å². The predicted molar refractivity (Wildman–Crippen MR) is 84.6 cm³/mol. The third-order valence-electron chi connectivity index (χ3n) is 3.29. The Hall–Kier alpha value is -1.20. The summed E-state index contributed by atoms with van der Waals surface area (Å²) >= 11 is 3.63. The third-order valence-corrected chi connectivity index (χ3v) is 3.90. The maximum Gasteiger partial charge on any atom is 0.0698 e. The van der Waals surface area contributed by atoms with E-state index in [1.165, 1.54) is 11.3 Å². The molecule has 1 N–H and O–H groups in total. The molecule has 4 nitrogen and oxygen atoms in total. The number of aryl methyl sites for hydroxylation is 1. The van der Waals surface area contributed by atoms with Crippen LogP contribution in [0.1, 0.15) is 37.6 Å². The fraction of sp³-hybridized carbons (Fsp3) is 0.467. The van der Waals surface area contributed by atoms with Crippen LogP contribution in [0.4, 0.5) is 0 Å². The van der Waals surface area contributed by atoms with Gasteiger partial charge >= 0.3 is 0 Å². The van der Waals surface area contributed by atoms with Crippen molar-refractivity contribution in [2.24, 2.45) is 0 Å². The smallest absolute Gasteiger partial charge is 0.0698 e. The lowest BCUT2D eigenvalue weighted by atomic mass is 10.0. The van der Waals surface area contributed by atoms with Crippen LogP contribution in [-0.2, 0) is 13.0 Å². The molecule has 0 aliphatic carbocycles. The molecule has 2 heterocycles. The molecule has 1 unspecified atom stereocenters. The lowest BCUT2D eigenvalue weighted by molar-refractivity contribution is 0.477. The molecule has 0 saturated heterocycles. The highest BCUT2D eigenvalue weighted by Gasteiger charge is 2.19. The first-order chi connectivity index (χ1) is 9.76. The summed E-state index contributed by atoms with van der Waals surface area (Å²) < 4.78 is 3.13. The van der Waals surface area contributed by atoms with Crippen LogP contribution in [-0.4, -0.2) is 21.3 Å². The van der Waals surface area contributed by atoms with Gasteiger partial charge in [-0.05, 0) is 59.9 Å². The number of nitrogens with one attached hydrogen (secondary N) is 1. The first-order valence-electron chi connectivity index (χ1n) is 7.09. The number of halogens is 1. The van der Waals surface area contributed by atoms with Gasteiger partial charge in [-0.2, -0.15) is 5.10 Å². The number of hydrogen-bond acceptors (Lipinski definition) is 3. The van der Waals surface area contributed by atoms with Crippen molar-refractivity contribution < 1.29 is 0 Å². The van der Waals surface area contributed by atoms with E-state index in [0.717, 1.165) is 30.4 Å². The molecule has 0 aliphatic rings. The van der Waals surface area contributed by atoms with E-state index in [4.69, 9.17) is 0 Å². The maximum atomic E-state index is 4.42. The molecule has 20 heavy (non-hydrogen) atoms. The summed E-state index contributed by atoms with van der Waals surface area (Å²) in [7, 11) is 0. The minimum absolute atomic E-state index is 0.258. The molecule has 0 fully saturated rings. The van der Waals surface area contributed by atoms with Crippen LogP contribution in [0.25, 0.3) is 0 Å². The van der Waals surface area contributed by atoms with Gasteiger partial charge in [-0.3, -0.25) is 9.67 Å². The van der Waals surface area contributed by atoms with E-state index in [1.54, 1.807) is 0 Å². The van der Waals surface area contributed by atoms with E-state index < -0.39 is 0 Å². The summed E-state index contributed by atoms with van der Waals surface area (Å²) in [5, 5.41) is 8.05. The van der Waals surface area contributed by atoms with Crippen molar-refractivity contribution in [3.05, 3.63) is 46.5 Å². The van der Waals surface area contributed by atoms with E-state index in [0.29, 0.717) is 0 Å². The second kappa shape index (κ2) is 7.55. The quantitative estimate of drug-likeness (QED) is 0.843. The molecule has 0 aliphatic heterocycles. The highest BCUT2D eigenvalue weighted by atomic mass is 79.9. The second-order valence-electron chi connectivity index (χ2n) is 4.76. The van der Waals surface area contributed by atoms with Crippen LogP contribution >= 0.6 is 15.9 Å². The molecule has 0 radical (unpaired) electrons. The van der Waals surface area contributed by atoms with Gasteiger partial charge in [0.1, 0.15) is 0 Å². The molecule has 1 atom stereocenters. The van der Waals surface area contributed by atoms with Crippen LogP contribution in [0.3, 0.4) is 0 Å². The fourth-order valence-corrected chi connectivity index (χ4v) is 2.88. The number of aromatic nitrogens is 3. The van der Waals surface area contributed by atoms with Gasteiger partial charge in [0.25, 0.3) is 0 Å². The Bertz CT molecular complexity index is 524. The lowest BCUT2D eigenvalue weighted by Gasteiger charge is -2.20. The van der Waals surface area contributed by atoms with Crippen molar-refractivity contribution in [1.29, 1.82) is 0 Å². The van der Waals surface area contributed by atoms with Gasteiger partial charge in [0, 0.05) is 18.9 Å². The molecular formula is C15H21BrN4. The lowest BCUT2D eigenvalue weighted by Crippen LogP contribution is -2.27. The molecular weight excluding hydrogens is 316 g/mol. The van der Waals surface area contributed by atoms with E-state index in [9.17, 15) is 0 Å². The van der Waals surface area contributed by atoms with E-state index in [2.05, 4.69) is 62.0 Å². The Labute approximate surface area is 128 Å². The third kappa shape index (κ3) is 3.67. The first kappa shape index (κ1) is 15.2. The second-order valence-corrected chi connectivity index (χ2v) is 5.61. The summed E-state index contributed by atoms with van der Waals surface area (Å²) in [5.74, 6) is 0. The molecule has 2 aromatic heterocycles. The molecule has 0 bridgehead atoms. The van der Waals surface area contributed by atoms with Crippen molar-refractivity contribution in [2.75, 3.05) is 6.54 Å². The number of nitrogens with zero attached hydrogens (tertiary/aromatic N) is 3. The number of hydrogen-bond donors (Lipinski definition) is 1. The molecule has 2 aromatic rings. The van der Waals surface area contributed by atoms with Crippen LogP contribution in [0.5, 0.6) is 0 Å². The molecule has 2 rings (SSSR count). The van der Waals surface area contributed by atoms with Gasteiger partial charge < -0.3 is 5.32 Å². The number of pyridine rings is 1. The zero-order chi connectivity index (χ0) is 14.4. The average molecular weight is 337 g/mol. The highest BCUT2D eigenvalue weighted by Crippen LogP contribution is 2.26. The molecule has 0 saturated carbocycles. The van der Waals surface area contributed by atoms with Crippen molar-refractivity contribution >= 4 is 15.9 Å². The normalized spacial score (nSPS) is 12.6. The highest BCUT2D eigenvalue weighted by molar-refractivity contribution is 9.10. The molecule has 0 aromatic carbocycles. The SMILES string of the molecule is CCCNC(Cc1ccncc1)c1c(Br)cnn1CC. The van der Waals surface area contributed by atoms with Crippen LogP contribution in [0.15, 0.2) is 35.2 Å². The van der Waals surface area contributed by atoms with Crippen molar-refractivity contribution in [1.82, 2.24) is 20.1 Å². The van der Waals surface area contributed by atoms with Gasteiger partial charge in [-0.15, -0.1) is 0 Å². The standard InChI is InChI=1S/C15H21BrN4/c1-3-7-18-14(10-12-5-8-17-9-6-12)15-13(16)11-19-20(15)4-2/h5-6,8-9,11,14,18H,3-4,7,10H2,1-2H3. The van der Waals surface area contributed by atoms with E-state index in [1.807, 2.05) is 18.6 Å². The summed E-state index contributed by atoms with van der Waals surface area (Å²) in [6.45, 7) is 6.17. The maximum absolute atomic E-state index is 4.42. The van der Waals surface area contributed by atoms with E-state index in [-0.39, 0.29) is 6.04 Å². The van der Waals surface area contributed by atoms with Gasteiger partial charge in [0.2, 0.25) is 0 Å². The summed E-state index contributed by atoms with van der Waals surface area (Å²) in [5.41, 5.74) is 2.50. The van der Waals surface area contributed by atoms with Crippen LogP contribution < -0.4 is 5.32 Å². The Balaban J connectivity index is 2.24. The van der Waals surface area contributed by atoms with Gasteiger partial charge in [0.05, 0.1) is 22.4 Å². The Morgan fingerprint density at radius 1 is 1.30 bits per heavy atom. The zero-order valence-electron chi connectivity index (χ0n) is 12.0. The van der Waals surface area contributed by atoms with Crippen LogP contribution in [0.2, 0.25) is 0 Å². The summed E-state index contributed by atoms with van der Waals surface area (Å²) in [6, 6.07) is 4.40. The Morgan fingerprint density at radius 2 is 2.05 bits per heavy atom. The fourth-order valence-electron chi connectivity index (χ4n) is 2.31. The van der Waals surface area contributed by atoms with Gasteiger partial charge in [-0.1, -0.05) is 6.92 Å². The minimum Gasteiger partial charge on any atom is -0.308 e. The Morgan fingerprint density at radius 3 is 2.70 bits per heavy atom. The topological polar surface area (TPSA) is 42.7 Å². The van der Waals surface area contributed by atoms with Gasteiger partial charge in [0.15, 0.2) is 0 Å². The molecule has 0 amide bonds. The zero-order valence-corrected chi connectivity index (χ0v) is 13.6. The summed E-state index contributed by atoms with van der Waals surface area (Å²) in [4.78, 5) is 4.08. The monoisotopic (exact) mass is 336 g/mol. The molecule has 0 spiro atoms. The largest absolute Gasteiger partial charge is 0.308 e. The van der Waals surface area contributed by atoms with Crippen molar-refractivity contribution in [2.45, 2.75) is 39.3 Å². The Kier molecular flexibility index (Phi) is 5.73. The number of rotatable bonds is 7. The first-order valence-corrected chi connectivity index (χ1v) is 7.89. The minimum atomic E-state index is 0.258. The summed E-state index contributed by atoms with van der Waals surface area (Å²) in [6.07, 6.45) is 7.63. The predicted octanol–water partition coefficient (Wildman–Crippen LogP) is 3.34. The van der Waals surface area contributed by atoms with Gasteiger partial charge in [-0.25, -0.2) is 0 Å². The van der Waals surface area contributed by atoms with E-state index >= 15 is 0 Å². The molecule has 108 valence electrons. The van der Waals surface area contributed by atoms with Crippen molar-refractivity contribution in [3.8, 4) is 0 Å².